The molecule has 172 valence electrons. The average Bonchev–Trinajstić information content (AvgIpc) is 2.98. The zero-order valence-corrected chi connectivity index (χ0v) is 19.5. The van der Waals surface area contributed by atoms with Crippen molar-refractivity contribution in [2.75, 3.05) is 40.9 Å². The number of methoxy groups -OCH3 is 2. The van der Waals surface area contributed by atoms with Gasteiger partial charge in [0.15, 0.2) is 11.5 Å². The van der Waals surface area contributed by atoms with Crippen LogP contribution < -0.4 is 9.47 Å². The highest BCUT2D eigenvalue weighted by Gasteiger charge is 2.29. The fraction of sp³-hybridized carbons (Fsp3) is 0.333. The molecular weight excluding hydrogens is 414 g/mol. The van der Waals surface area contributed by atoms with E-state index >= 15 is 0 Å². The molecule has 0 spiro atoms. The number of carbonyl (C=O) groups is 1. The Morgan fingerprint density at radius 1 is 0.939 bits per heavy atom. The fourth-order valence-corrected chi connectivity index (χ4v) is 4.42. The van der Waals surface area contributed by atoms with E-state index in [1.165, 1.54) is 0 Å². The molecule has 2 aromatic carbocycles. The molecule has 1 saturated heterocycles. The number of aromatic nitrogens is 1. The van der Waals surface area contributed by atoms with E-state index in [1.54, 1.807) is 20.4 Å². The maximum absolute atomic E-state index is 13.1. The summed E-state index contributed by atoms with van der Waals surface area (Å²) in [5.41, 5.74) is 4.51. The number of carbonyl (C=O) groups excluding carboxylic acids is 1. The minimum atomic E-state index is -0.0956. The van der Waals surface area contributed by atoms with E-state index in [9.17, 15) is 4.79 Å². The number of benzene rings is 2. The third kappa shape index (κ3) is 5.52. The van der Waals surface area contributed by atoms with Gasteiger partial charge < -0.3 is 14.4 Å². The highest BCUT2D eigenvalue weighted by molar-refractivity contribution is 5.79. The number of hydrogen-bond donors (Lipinski definition) is 0. The number of amides is 1. The van der Waals surface area contributed by atoms with Gasteiger partial charge in [0.25, 0.3) is 0 Å². The lowest BCUT2D eigenvalue weighted by molar-refractivity contribution is -0.133. The summed E-state index contributed by atoms with van der Waals surface area (Å²) in [5.74, 6) is 1.55. The van der Waals surface area contributed by atoms with Crippen molar-refractivity contribution in [1.29, 1.82) is 0 Å². The van der Waals surface area contributed by atoms with Gasteiger partial charge in [0.1, 0.15) is 0 Å². The second kappa shape index (κ2) is 10.5. The molecule has 1 fully saturated rings. The van der Waals surface area contributed by atoms with Crippen LogP contribution in [0, 0.1) is 5.92 Å². The molecule has 4 rings (SSSR count). The fourth-order valence-electron chi connectivity index (χ4n) is 4.42. The van der Waals surface area contributed by atoms with Gasteiger partial charge in [-0.15, -0.1) is 0 Å². The number of nitrogens with zero attached hydrogens (tertiary/aromatic N) is 3. The van der Waals surface area contributed by atoms with E-state index in [4.69, 9.17) is 9.47 Å². The largest absolute Gasteiger partial charge is 0.493 e. The van der Waals surface area contributed by atoms with E-state index in [1.807, 2.05) is 36.3 Å². The smallest absolute Gasteiger partial charge is 0.227 e. The third-order valence-electron chi connectivity index (χ3n) is 6.21. The Labute approximate surface area is 195 Å². The molecule has 2 heterocycles. The molecule has 0 N–H and O–H groups in total. The van der Waals surface area contributed by atoms with Crippen LogP contribution in [0.2, 0.25) is 0 Å². The van der Waals surface area contributed by atoms with E-state index in [0.717, 1.165) is 53.4 Å². The maximum Gasteiger partial charge on any atom is 0.227 e. The van der Waals surface area contributed by atoms with Crippen molar-refractivity contribution in [2.45, 2.75) is 13.0 Å². The van der Waals surface area contributed by atoms with E-state index in [-0.39, 0.29) is 11.8 Å². The maximum atomic E-state index is 13.1. The number of likely N-dealkylation sites (N-methyl/N-ethyl adjacent to an activating group) is 1. The monoisotopic (exact) mass is 445 g/mol. The lowest BCUT2D eigenvalue weighted by Crippen LogP contribution is -2.34. The molecule has 6 heteroatoms. The van der Waals surface area contributed by atoms with Crippen molar-refractivity contribution in [3.05, 3.63) is 78.1 Å². The number of rotatable bonds is 7. The van der Waals surface area contributed by atoms with Gasteiger partial charge in [-0.3, -0.25) is 14.7 Å². The summed E-state index contributed by atoms with van der Waals surface area (Å²) in [6, 6.07) is 18.4. The first-order chi connectivity index (χ1) is 16.1. The van der Waals surface area contributed by atoms with Gasteiger partial charge in [0, 0.05) is 45.6 Å². The second-order valence-electron chi connectivity index (χ2n) is 8.53. The van der Waals surface area contributed by atoms with Gasteiger partial charge in [-0.2, -0.15) is 0 Å². The zero-order valence-electron chi connectivity index (χ0n) is 19.5. The number of ether oxygens (including phenoxy) is 2. The summed E-state index contributed by atoms with van der Waals surface area (Å²) in [6.07, 6.45) is 4.36. The molecule has 6 nitrogen and oxygen atoms in total. The second-order valence-corrected chi connectivity index (χ2v) is 8.53. The first-order valence-corrected chi connectivity index (χ1v) is 11.2. The highest BCUT2D eigenvalue weighted by atomic mass is 16.5. The van der Waals surface area contributed by atoms with Crippen LogP contribution in [-0.2, 0) is 17.8 Å². The third-order valence-corrected chi connectivity index (χ3v) is 6.21. The first kappa shape index (κ1) is 22.8. The van der Waals surface area contributed by atoms with Gasteiger partial charge in [-0.1, -0.05) is 36.4 Å². The van der Waals surface area contributed by atoms with Gasteiger partial charge in [0.2, 0.25) is 5.91 Å². The number of hydrogen-bond acceptors (Lipinski definition) is 5. The van der Waals surface area contributed by atoms with Crippen molar-refractivity contribution in [3.8, 4) is 22.6 Å². The lowest BCUT2D eigenvalue weighted by atomic mass is 9.95. The van der Waals surface area contributed by atoms with Gasteiger partial charge in [-0.25, -0.2) is 0 Å². The van der Waals surface area contributed by atoms with Crippen LogP contribution in [0.1, 0.15) is 11.1 Å². The summed E-state index contributed by atoms with van der Waals surface area (Å²) in [4.78, 5) is 21.6. The Morgan fingerprint density at radius 3 is 2.52 bits per heavy atom. The molecule has 1 amide bonds. The minimum Gasteiger partial charge on any atom is -0.493 e. The van der Waals surface area contributed by atoms with Crippen LogP contribution in [0.3, 0.4) is 0 Å². The van der Waals surface area contributed by atoms with Crippen LogP contribution >= 0.6 is 0 Å². The number of pyridine rings is 1. The summed E-state index contributed by atoms with van der Waals surface area (Å²) in [7, 11) is 5.19. The van der Waals surface area contributed by atoms with Crippen molar-refractivity contribution < 1.29 is 14.3 Å². The van der Waals surface area contributed by atoms with Crippen LogP contribution in [0.25, 0.3) is 11.1 Å². The van der Waals surface area contributed by atoms with Crippen LogP contribution in [-0.4, -0.2) is 61.6 Å². The average molecular weight is 446 g/mol. The summed E-state index contributed by atoms with van der Waals surface area (Å²) >= 11 is 0. The Kier molecular flexibility index (Phi) is 7.25. The van der Waals surface area contributed by atoms with E-state index in [0.29, 0.717) is 13.0 Å². The van der Waals surface area contributed by atoms with Crippen LogP contribution in [0.15, 0.2) is 67.0 Å². The van der Waals surface area contributed by atoms with Gasteiger partial charge in [0.05, 0.1) is 20.1 Å². The molecule has 1 aliphatic rings. The Balaban J connectivity index is 1.51. The molecule has 1 aromatic heterocycles. The summed E-state index contributed by atoms with van der Waals surface area (Å²) < 4.78 is 10.8. The standard InChI is InChI=1S/C27H31N3O3/c1-29-12-13-30(18-21-9-10-25(32-2)26(16-21)33-3)19-24(27(29)31)15-20-6-4-7-22(14-20)23-8-5-11-28-17-23/h4-11,14,16-17,24H,12-13,15,18-19H2,1-3H3. The van der Waals surface area contributed by atoms with Gasteiger partial charge in [-0.05, 0) is 46.9 Å². The zero-order chi connectivity index (χ0) is 23.2. The van der Waals surface area contributed by atoms with Crippen LogP contribution in [0.4, 0.5) is 0 Å². The van der Waals surface area contributed by atoms with E-state index in [2.05, 4.69) is 46.3 Å². The van der Waals surface area contributed by atoms with Gasteiger partial charge >= 0.3 is 0 Å². The molecule has 3 aromatic rings. The first-order valence-electron chi connectivity index (χ1n) is 11.2. The predicted octanol–water partition coefficient (Wildman–Crippen LogP) is 3.90. The summed E-state index contributed by atoms with van der Waals surface area (Å²) in [5, 5.41) is 0. The normalized spacial score (nSPS) is 17.0. The molecule has 1 unspecified atom stereocenters. The Hall–Kier alpha value is -3.38. The topological polar surface area (TPSA) is 54.9 Å². The minimum absolute atomic E-state index is 0.0956. The predicted molar refractivity (Wildman–Crippen MR) is 129 cm³/mol. The molecule has 0 saturated carbocycles. The molecule has 0 aliphatic carbocycles. The van der Waals surface area contributed by atoms with Crippen LogP contribution in [0.5, 0.6) is 11.5 Å². The molecule has 33 heavy (non-hydrogen) atoms. The Morgan fingerprint density at radius 2 is 1.76 bits per heavy atom. The molecule has 1 aliphatic heterocycles. The molecule has 0 bridgehead atoms. The Bertz CT molecular complexity index is 1090. The van der Waals surface area contributed by atoms with Crippen molar-refractivity contribution in [2.24, 2.45) is 5.92 Å². The SMILES string of the molecule is COc1ccc(CN2CCN(C)C(=O)C(Cc3cccc(-c4cccnc4)c3)C2)cc1OC. The highest BCUT2D eigenvalue weighted by Crippen LogP contribution is 2.29. The van der Waals surface area contributed by atoms with E-state index < -0.39 is 0 Å². The van der Waals surface area contributed by atoms with Crippen molar-refractivity contribution >= 4 is 5.91 Å². The van der Waals surface area contributed by atoms with Crippen molar-refractivity contribution in [1.82, 2.24) is 14.8 Å². The quantitative estimate of drug-likeness (QED) is 0.552. The molecular formula is C27H31N3O3. The lowest BCUT2D eigenvalue weighted by Gasteiger charge is -2.23. The van der Waals surface area contributed by atoms with Crippen molar-refractivity contribution in [3.63, 3.8) is 0 Å². The summed E-state index contributed by atoms with van der Waals surface area (Å²) in [6.45, 7) is 3.03. The molecule has 0 radical (unpaired) electrons. The molecule has 1 atom stereocenters.